The number of anilines is 2. The van der Waals surface area contributed by atoms with Crippen LogP contribution >= 0.6 is 0 Å². The van der Waals surface area contributed by atoms with Crippen molar-refractivity contribution >= 4 is 17.3 Å². The molecule has 1 amide bonds. The van der Waals surface area contributed by atoms with E-state index in [0.29, 0.717) is 6.42 Å². The van der Waals surface area contributed by atoms with Gasteiger partial charge in [0.25, 0.3) is 0 Å². The predicted octanol–water partition coefficient (Wildman–Crippen LogP) is 3.32. The lowest BCUT2D eigenvalue weighted by atomic mass is 10.2. The molecular weight excluding hydrogens is 341 g/mol. The highest BCUT2D eigenvalue weighted by atomic mass is 19.1. The number of nitrogens with zero attached hydrogens (tertiary/aromatic N) is 3. The van der Waals surface area contributed by atoms with Crippen molar-refractivity contribution in [2.75, 3.05) is 49.1 Å². The summed E-state index contributed by atoms with van der Waals surface area (Å²) in [5.74, 6) is 0.0248. The lowest BCUT2D eigenvalue weighted by Crippen LogP contribution is -2.35. The summed E-state index contributed by atoms with van der Waals surface area (Å²) < 4.78 is 13.1. The molecule has 0 aromatic heterocycles. The number of halogens is 1. The second-order valence-electron chi connectivity index (χ2n) is 7.33. The van der Waals surface area contributed by atoms with Crippen LogP contribution in [0, 0.1) is 5.82 Å². The number of carbonyl (C=O) groups is 1. The number of benzene rings is 2. The molecule has 0 atom stereocenters. The second-order valence-corrected chi connectivity index (χ2v) is 7.33. The fourth-order valence-electron chi connectivity index (χ4n) is 4.09. The lowest BCUT2D eigenvalue weighted by molar-refractivity contribution is -0.118. The molecule has 0 spiro atoms. The van der Waals surface area contributed by atoms with Gasteiger partial charge in [-0.15, -0.1) is 0 Å². The number of amides is 1. The van der Waals surface area contributed by atoms with E-state index in [1.54, 1.807) is 0 Å². The van der Waals surface area contributed by atoms with Crippen molar-refractivity contribution in [3.8, 4) is 0 Å². The smallest absolute Gasteiger partial charge is 0.228 e. The summed E-state index contributed by atoms with van der Waals surface area (Å²) in [4.78, 5) is 19.3. The van der Waals surface area contributed by atoms with Crippen LogP contribution in [0.15, 0.2) is 48.5 Å². The van der Waals surface area contributed by atoms with Crippen LogP contribution in [0.1, 0.15) is 18.4 Å². The van der Waals surface area contributed by atoms with Crippen molar-refractivity contribution in [3.63, 3.8) is 0 Å². The van der Waals surface area contributed by atoms with Crippen molar-refractivity contribution in [2.45, 2.75) is 19.3 Å². The maximum atomic E-state index is 13.1. The number of fused-ring (bicyclic) bond motifs is 1. The molecule has 0 radical (unpaired) electrons. The zero-order chi connectivity index (χ0) is 18.6. The first-order chi connectivity index (χ1) is 13.2. The van der Waals surface area contributed by atoms with Crippen molar-refractivity contribution in [2.24, 2.45) is 0 Å². The van der Waals surface area contributed by atoms with Crippen LogP contribution in [-0.2, 0) is 11.2 Å². The molecular formula is C22H26FN3O. The van der Waals surface area contributed by atoms with Gasteiger partial charge in [0.05, 0.1) is 0 Å². The SMILES string of the molecule is O=C(CCN1CCCN(c2ccc(F)cc2)CC1)N1CCc2ccccc21. The highest BCUT2D eigenvalue weighted by Gasteiger charge is 2.24. The predicted molar refractivity (Wildman–Crippen MR) is 107 cm³/mol. The topological polar surface area (TPSA) is 26.8 Å². The van der Waals surface area contributed by atoms with E-state index in [-0.39, 0.29) is 11.7 Å². The minimum Gasteiger partial charge on any atom is -0.370 e. The first kappa shape index (κ1) is 18.0. The number of carbonyl (C=O) groups excluding carboxylic acids is 1. The number of para-hydroxylation sites is 1. The van der Waals surface area contributed by atoms with Gasteiger partial charge < -0.3 is 14.7 Å². The van der Waals surface area contributed by atoms with Gasteiger partial charge in [-0.2, -0.15) is 0 Å². The largest absolute Gasteiger partial charge is 0.370 e. The third kappa shape index (κ3) is 4.14. The molecule has 2 aromatic carbocycles. The Morgan fingerprint density at radius 3 is 2.59 bits per heavy atom. The molecule has 2 aliphatic heterocycles. The van der Waals surface area contributed by atoms with Crippen LogP contribution in [0.4, 0.5) is 15.8 Å². The summed E-state index contributed by atoms with van der Waals surface area (Å²) in [6, 6.07) is 14.9. The Labute approximate surface area is 160 Å². The number of hydrogen-bond donors (Lipinski definition) is 0. The molecule has 0 unspecified atom stereocenters. The molecule has 142 valence electrons. The van der Waals surface area contributed by atoms with Crippen LogP contribution in [0.3, 0.4) is 0 Å². The summed E-state index contributed by atoms with van der Waals surface area (Å²) in [5, 5.41) is 0. The molecule has 1 fully saturated rings. The van der Waals surface area contributed by atoms with Gasteiger partial charge >= 0.3 is 0 Å². The van der Waals surface area contributed by atoms with E-state index in [1.165, 1.54) is 17.7 Å². The van der Waals surface area contributed by atoms with E-state index < -0.39 is 0 Å². The lowest BCUT2D eigenvalue weighted by Gasteiger charge is -2.24. The van der Waals surface area contributed by atoms with Gasteiger partial charge in [-0.05, 0) is 55.3 Å². The maximum Gasteiger partial charge on any atom is 0.228 e. The molecule has 2 aliphatic rings. The molecule has 0 saturated carbocycles. The maximum absolute atomic E-state index is 13.1. The second kappa shape index (κ2) is 8.09. The van der Waals surface area contributed by atoms with Crippen molar-refractivity contribution in [1.82, 2.24) is 4.90 Å². The third-order valence-electron chi connectivity index (χ3n) is 5.61. The van der Waals surface area contributed by atoms with Crippen LogP contribution < -0.4 is 9.80 Å². The molecule has 4 rings (SSSR count). The van der Waals surface area contributed by atoms with Gasteiger partial charge in [-0.3, -0.25) is 4.79 Å². The van der Waals surface area contributed by atoms with E-state index in [2.05, 4.69) is 15.9 Å². The number of rotatable bonds is 4. The number of hydrogen-bond acceptors (Lipinski definition) is 3. The van der Waals surface area contributed by atoms with Gasteiger partial charge in [0.2, 0.25) is 5.91 Å². The Kier molecular flexibility index (Phi) is 5.39. The standard InChI is InChI=1S/C22H26FN3O/c23-19-6-8-20(9-7-19)25-13-3-12-24(16-17-25)14-11-22(27)26-15-10-18-4-1-2-5-21(18)26/h1-2,4-9H,3,10-17H2. The average Bonchev–Trinajstić information content (AvgIpc) is 2.98. The average molecular weight is 367 g/mol. The highest BCUT2D eigenvalue weighted by Crippen LogP contribution is 2.28. The first-order valence-electron chi connectivity index (χ1n) is 9.82. The monoisotopic (exact) mass is 367 g/mol. The molecule has 5 heteroatoms. The Bertz CT molecular complexity index is 792. The van der Waals surface area contributed by atoms with Crippen LogP contribution in [0.5, 0.6) is 0 Å². The van der Waals surface area contributed by atoms with Crippen molar-refractivity contribution < 1.29 is 9.18 Å². The van der Waals surface area contributed by atoms with Crippen LogP contribution in [0.25, 0.3) is 0 Å². The summed E-state index contributed by atoms with van der Waals surface area (Å²) >= 11 is 0. The minimum absolute atomic E-state index is 0.197. The summed E-state index contributed by atoms with van der Waals surface area (Å²) in [7, 11) is 0. The van der Waals surface area contributed by atoms with Gasteiger partial charge in [0.1, 0.15) is 5.82 Å². The molecule has 27 heavy (non-hydrogen) atoms. The van der Waals surface area contributed by atoms with Crippen LogP contribution in [-0.4, -0.2) is 50.1 Å². The van der Waals surface area contributed by atoms with Crippen molar-refractivity contribution in [1.29, 1.82) is 0 Å². The molecule has 0 bridgehead atoms. The first-order valence-corrected chi connectivity index (χ1v) is 9.82. The minimum atomic E-state index is -0.197. The highest BCUT2D eigenvalue weighted by molar-refractivity contribution is 5.95. The zero-order valence-corrected chi connectivity index (χ0v) is 15.6. The Morgan fingerprint density at radius 2 is 1.74 bits per heavy atom. The summed E-state index contributed by atoms with van der Waals surface area (Å²) in [6.07, 6.45) is 2.57. The summed E-state index contributed by atoms with van der Waals surface area (Å²) in [6.45, 7) is 5.41. The normalized spacial score (nSPS) is 17.7. The quantitative estimate of drug-likeness (QED) is 0.829. The van der Waals surface area contributed by atoms with Gasteiger partial charge in [-0.25, -0.2) is 4.39 Å². The molecule has 1 saturated heterocycles. The molecule has 2 aromatic rings. The summed E-state index contributed by atoms with van der Waals surface area (Å²) in [5.41, 5.74) is 3.43. The molecule has 0 N–H and O–H groups in total. The van der Waals surface area contributed by atoms with E-state index in [4.69, 9.17) is 0 Å². The van der Waals surface area contributed by atoms with E-state index in [9.17, 15) is 9.18 Å². The Hall–Kier alpha value is -2.40. The van der Waals surface area contributed by atoms with E-state index >= 15 is 0 Å². The van der Waals surface area contributed by atoms with Gasteiger partial charge in [0, 0.05) is 50.5 Å². The van der Waals surface area contributed by atoms with Gasteiger partial charge in [-0.1, -0.05) is 18.2 Å². The van der Waals surface area contributed by atoms with Crippen molar-refractivity contribution in [3.05, 3.63) is 59.9 Å². The molecule has 2 heterocycles. The fourth-order valence-corrected chi connectivity index (χ4v) is 4.09. The Balaban J connectivity index is 1.29. The third-order valence-corrected chi connectivity index (χ3v) is 5.61. The van der Waals surface area contributed by atoms with Crippen LogP contribution in [0.2, 0.25) is 0 Å². The van der Waals surface area contributed by atoms with Gasteiger partial charge in [0.15, 0.2) is 0 Å². The van der Waals surface area contributed by atoms with E-state index in [0.717, 1.165) is 63.5 Å². The van der Waals surface area contributed by atoms with E-state index in [1.807, 2.05) is 35.2 Å². The Morgan fingerprint density at radius 1 is 0.926 bits per heavy atom. The molecule has 0 aliphatic carbocycles. The molecule has 4 nitrogen and oxygen atoms in total. The zero-order valence-electron chi connectivity index (χ0n) is 15.6. The fraction of sp³-hybridized carbons (Fsp3) is 0.409.